The quantitative estimate of drug-likeness (QED) is 0.830. The van der Waals surface area contributed by atoms with Crippen LogP contribution >= 0.6 is 0 Å². The highest BCUT2D eigenvalue weighted by Crippen LogP contribution is 2.31. The molecule has 124 valence electrons. The van der Waals surface area contributed by atoms with Crippen molar-refractivity contribution in [1.82, 2.24) is 10.2 Å². The van der Waals surface area contributed by atoms with Crippen LogP contribution in [0.1, 0.15) is 40.7 Å². The van der Waals surface area contributed by atoms with Crippen LogP contribution < -0.4 is 5.32 Å². The van der Waals surface area contributed by atoms with Gasteiger partial charge >= 0.3 is 0 Å². The van der Waals surface area contributed by atoms with Crippen LogP contribution in [0.5, 0.6) is 0 Å². The summed E-state index contributed by atoms with van der Waals surface area (Å²) in [5.41, 5.74) is 3.83. The molecule has 3 aliphatic rings. The molecule has 0 radical (unpaired) electrons. The Bertz CT molecular complexity index is 760. The maximum Gasteiger partial charge on any atom is 0.255 e. The van der Waals surface area contributed by atoms with Crippen molar-refractivity contribution in [2.45, 2.75) is 31.8 Å². The first-order valence-electron chi connectivity index (χ1n) is 8.17. The summed E-state index contributed by atoms with van der Waals surface area (Å²) in [6.45, 7) is 1.78. The largest absolute Gasteiger partial charge is 0.377 e. The van der Waals surface area contributed by atoms with Crippen LogP contribution in [0.4, 0.5) is 0 Å². The van der Waals surface area contributed by atoms with E-state index < -0.39 is 6.04 Å². The van der Waals surface area contributed by atoms with E-state index in [0.717, 1.165) is 24.2 Å². The third kappa shape index (κ3) is 2.53. The van der Waals surface area contributed by atoms with Crippen LogP contribution in [0.15, 0.2) is 23.8 Å². The molecule has 1 aromatic carbocycles. The Labute approximate surface area is 139 Å². The van der Waals surface area contributed by atoms with Crippen molar-refractivity contribution in [1.29, 1.82) is 0 Å². The minimum absolute atomic E-state index is 0.137. The Morgan fingerprint density at radius 3 is 2.83 bits per heavy atom. The highest BCUT2D eigenvalue weighted by Gasteiger charge is 2.39. The summed E-state index contributed by atoms with van der Waals surface area (Å²) < 4.78 is 5.38. The van der Waals surface area contributed by atoms with E-state index in [0.29, 0.717) is 25.1 Å². The Hall–Kier alpha value is -2.47. The highest BCUT2D eigenvalue weighted by molar-refractivity contribution is 6.05. The van der Waals surface area contributed by atoms with Gasteiger partial charge in [-0.15, -0.1) is 0 Å². The maximum atomic E-state index is 12.7. The number of nitrogens with zero attached hydrogens (tertiary/aromatic N) is 1. The number of carbonyl (C=O) groups is 3. The van der Waals surface area contributed by atoms with Gasteiger partial charge in [-0.25, -0.2) is 0 Å². The van der Waals surface area contributed by atoms with E-state index in [-0.39, 0.29) is 24.1 Å². The van der Waals surface area contributed by atoms with E-state index in [1.165, 1.54) is 5.57 Å². The molecule has 1 atom stereocenters. The van der Waals surface area contributed by atoms with E-state index in [1.807, 2.05) is 12.1 Å². The predicted molar refractivity (Wildman–Crippen MR) is 85.9 cm³/mol. The molecule has 0 aliphatic carbocycles. The van der Waals surface area contributed by atoms with Crippen LogP contribution in [0.3, 0.4) is 0 Å². The molecule has 2 fully saturated rings. The zero-order valence-electron chi connectivity index (χ0n) is 13.2. The standard InChI is InChI=1S/C18H18N2O4/c21-16-5-4-15(17(22)19-16)20-9-14-12(8-11-6-7-24-10-11)2-1-3-13(14)18(20)23/h1-3,8,15H,4-7,9-10H2,(H,19,21,22). The van der Waals surface area contributed by atoms with Gasteiger partial charge in [0.2, 0.25) is 11.8 Å². The number of carbonyl (C=O) groups excluding carboxylic acids is 3. The molecular weight excluding hydrogens is 308 g/mol. The van der Waals surface area contributed by atoms with E-state index in [4.69, 9.17) is 4.74 Å². The molecule has 0 saturated carbocycles. The van der Waals surface area contributed by atoms with Crippen LogP contribution in [0.2, 0.25) is 0 Å². The summed E-state index contributed by atoms with van der Waals surface area (Å²) in [7, 11) is 0. The van der Waals surface area contributed by atoms with Gasteiger partial charge in [-0.1, -0.05) is 18.2 Å². The molecule has 6 heteroatoms. The third-order valence-corrected chi connectivity index (χ3v) is 4.83. The summed E-state index contributed by atoms with van der Waals surface area (Å²) in [4.78, 5) is 37.7. The van der Waals surface area contributed by atoms with Crippen LogP contribution in [0.25, 0.3) is 6.08 Å². The number of ether oxygens (including phenoxy) is 1. The number of nitrogens with one attached hydrogen (secondary N) is 1. The molecule has 0 aromatic heterocycles. The molecule has 1 N–H and O–H groups in total. The molecule has 4 rings (SSSR count). The van der Waals surface area contributed by atoms with Gasteiger partial charge in [-0.05, 0) is 35.6 Å². The number of hydrogen-bond donors (Lipinski definition) is 1. The summed E-state index contributed by atoms with van der Waals surface area (Å²) >= 11 is 0. The Morgan fingerprint density at radius 1 is 1.21 bits per heavy atom. The molecule has 24 heavy (non-hydrogen) atoms. The second-order valence-corrected chi connectivity index (χ2v) is 6.38. The number of fused-ring (bicyclic) bond motifs is 1. The van der Waals surface area contributed by atoms with E-state index in [2.05, 4.69) is 11.4 Å². The molecule has 1 aromatic rings. The van der Waals surface area contributed by atoms with Crippen LogP contribution in [-0.2, 0) is 20.9 Å². The minimum Gasteiger partial charge on any atom is -0.377 e. The lowest BCUT2D eigenvalue weighted by Gasteiger charge is -2.29. The summed E-state index contributed by atoms with van der Waals surface area (Å²) in [6, 6.07) is 5.09. The lowest BCUT2D eigenvalue weighted by molar-refractivity contribution is -0.136. The lowest BCUT2D eigenvalue weighted by atomic mass is 10.0. The van der Waals surface area contributed by atoms with Crippen molar-refractivity contribution in [3.63, 3.8) is 0 Å². The molecule has 3 amide bonds. The molecule has 3 heterocycles. The van der Waals surface area contributed by atoms with Crippen LogP contribution in [-0.4, -0.2) is 41.9 Å². The fourth-order valence-electron chi connectivity index (χ4n) is 3.56. The average Bonchev–Trinajstić information content (AvgIpc) is 3.17. The molecule has 3 aliphatic heterocycles. The van der Waals surface area contributed by atoms with Gasteiger partial charge in [-0.2, -0.15) is 0 Å². The predicted octanol–water partition coefficient (Wildman–Crippen LogP) is 1.25. The van der Waals surface area contributed by atoms with Gasteiger partial charge in [-0.3, -0.25) is 19.7 Å². The second-order valence-electron chi connectivity index (χ2n) is 6.38. The Balaban J connectivity index is 1.63. The second kappa shape index (κ2) is 5.87. The number of hydrogen-bond acceptors (Lipinski definition) is 4. The van der Waals surface area contributed by atoms with Crippen molar-refractivity contribution in [3.05, 3.63) is 40.5 Å². The number of rotatable bonds is 2. The number of amides is 3. The summed E-state index contributed by atoms with van der Waals surface area (Å²) in [6.07, 6.45) is 3.65. The van der Waals surface area contributed by atoms with Crippen molar-refractivity contribution in [2.75, 3.05) is 13.2 Å². The molecule has 0 bridgehead atoms. The van der Waals surface area contributed by atoms with Crippen LogP contribution in [0, 0.1) is 0 Å². The van der Waals surface area contributed by atoms with Gasteiger partial charge in [0.1, 0.15) is 6.04 Å². The molecule has 0 spiro atoms. The Kier molecular flexibility index (Phi) is 3.69. The number of piperidine rings is 1. The van der Waals surface area contributed by atoms with Gasteiger partial charge in [0, 0.05) is 18.5 Å². The third-order valence-electron chi connectivity index (χ3n) is 4.83. The zero-order valence-corrected chi connectivity index (χ0v) is 13.2. The smallest absolute Gasteiger partial charge is 0.255 e. The van der Waals surface area contributed by atoms with Crippen molar-refractivity contribution < 1.29 is 19.1 Å². The zero-order chi connectivity index (χ0) is 16.7. The van der Waals surface area contributed by atoms with E-state index >= 15 is 0 Å². The molecule has 6 nitrogen and oxygen atoms in total. The molecule has 2 saturated heterocycles. The maximum absolute atomic E-state index is 12.7. The fraction of sp³-hybridized carbons (Fsp3) is 0.389. The first-order chi connectivity index (χ1) is 11.6. The van der Waals surface area contributed by atoms with Gasteiger partial charge < -0.3 is 9.64 Å². The van der Waals surface area contributed by atoms with E-state index in [1.54, 1.807) is 11.0 Å². The first-order valence-corrected chi connectivity index (χ1v) is 8.17. The monoisotopic (exact) mass is 326 g/mol. The number of benzene rings is 1. The Morgan fingerprint density at radius 2 is 2.08 bits per heavy atom. The van der Waals surface area contributed by atoms with Gasteiger partial charge in [0.25, 0.3) is 5.91 Å². The van der Waals surface area contributed by atoms with Crippen molar-refractivity contribution >= 4 is 23.8 Å². The molecular formula is C18H18N2O4. The average molecular weight is 326 g/mol. The normalized spacial score (nSPS) is 25.3. The fourth-order valence-corrected chi connectivity index (χ4v) is 3.56. The summed E-state index contributed by atoms with van der Waals surface area (Å²) in [5, 5.41) is 2.33. The van der Waals surface area contributed by atoms with Crippen molar-refractivity contribution in [3.8, 4) is 0 Å². The number of imide groups is 1. The minimum atomic E-state index is -0.571. The lowest BCUT2D eigenvalue weighted by Crippen LogP contribution is -2.52. The topological polar surface area (TPSA) is 75.7 Å². The van der Waals surface area contributed by atoms with Gasteiger partial charge in [0.05, 0.1) is 13.2 Å². The first kappa shape index (κ1) is 15.1. The molecule has 1 unspecified atom stereocenters. The summed E-state index contributed by atoms with van der Waals surface area (Å²) in [5.74, 6) is -0.786. The van der Waals surface area contributed by atoms with Gasteiger partial charge in [0.15, 0.2) is 0 Å². The highest BCUT2D eigenvalue weighted by atomic mass is 16.5. The SMILES string of the molecule is O=C1CCC(N2Cc3c(C=C4CCOC4)cccc3C2=O)C(=O)N1. The van der Waals surface area contributed by atoms with Crippen molar-refractivity contribution in [2.24, 2.45) is 0 Å². The van der Waals surface area contributed by atoms with E-state index in [9.17, 15) is 14.4 Å².